The van der Waals surface area contributed by atoms with Crippen LogP contribution < -0.4 is 4.74 Å². The Bertz CT molecular complexity index is 535. The molecule has 3 rings (SSSR count). The first kappa shape index (κ1) is 15.0. The highest BCUT2D eigenvalue weighted by Gasteiger charge is 2.28. The second-order valence-corrected chi connectivity index (χ2v) is 7.05. The smallest absolute Gasteiger partial charge is 0.166 e. The molecule has 1 aliphatic carbocycles. The van der Waals surface area contributed by atoms with E-state index in [9.17, 15) is 9.90 Å². The van der Waals surface area contributed by atoms with Gasteiger partial charge in [0.15, 0.2) is 5.78 Å². The summed E-state index contributed by atoms with van der Waals surface area (Å²) in [5, 5.41) is 10.3. The van der Waals surface area contributed by atoms with Crippen LogP contribution in [0.3, 0.4) is 0 Å². The van der Waals surface area contributed by atoms with Gasteiger partial charge in [0.1, 0.15) is 11.9 Å². The van der Waals surface area contributed by atoms with Crippen molar-refractivity contribution in [1.29, 1.82) is 0 Å². The molecule has 1 fully saturated rings. The SMILES string of the molecule is O=C(Cc1cc(Br)cc2c1OCC2)C(O)C1CCCCC1. The van der Waals surface area contributed by atoms with Gasteiger partial charge in [0.2, 0.25) is 0 Å². The quantitative estimate of drug-likeness (QED) is 0.902. The molecule has 4 heteroatoms. The molecule has 0 amide bonds. The number of Topliss-reactive ketones (excluding diaryl/α,β-unsaturated/α-hetero) is 1. The third-order valence-electron chi connectivity index (χ3n) is 4.62. The van der Waals surface area contributed by atoms with Crippen molar-refractivity contribution in [2.75, 3.05) is 6.61 Å². The van der Waals surface area contributed by atoms with Crippen molar-refractivity contribution in [2.24, 2.45) is 5.92 Å². The Morgan fingerprint density at radius 1 is 1.33 bits per heavy atom. The topological polar surface area (TPSA) is 46.5 Å². The highest BCUT2D eigenvalue weighted by Crippen LogP contribution is 2.34. The Hall–Kier alpha value is -0.870. The normalized spacial score (nSPS) is 19.9. The van der Waals surface area contributed by atoms with Crippen LogP contribution in [-0.2, 0) is 17.6 Å². The molecule has 1 atom stereocenters. The maximum absolute atomic E-state index is 12.4. The molecule has 1 saturated carbocycles. The Labute approximate surface area is 133 Å². The van der Waals surface area contributed by atoms with Crippen molar-refractivity contribution >= 4 is 21.7 Å². The Morgan fingerprint density at radius 3 is 2.86 bits per heavy atom. The largest absolute Gasteiger partial charge is 0.493 e. The zero-order valence-corrected chi connectivity index (χ0v) is 13.7. The van der Waals surface area contributed by atoms with Gasteiger partial charge in [-0.3, -0.25) is 4.79 Å². The molecule has 0 spiro atoms. The average Bonchev–Trinajstić information content (AvgIpc) is 2.95. The first-order chi connectivity index (χ1) is 10.1. The number of hydrogen-bond acceptors (Lipinski definition) is 3. The van der Waals surface area contributed by atoms with Crippen molar-refractivity contribution in [2.45, 2.75) is 51.0 Å². The summed E-state index contributed by atoms with van der Waals surface area (Å²) in [6.45, 7) is 0.679. The molecule has 1 aliphatic heterocycles. The van der Waals surface area contributed by atoms with Crippen LogP contribution >= 0.6 is 15.9 Å². The van der Waals surface area contributed by atoms with Crippen molar-refractivity contribution in [3.05, 3.63) is 27.7 Å². The van der Waals surface area contributed by atoms with E-state index < -0.39 is 6.10 Å². The van der Waals surface area contributed by atoms with Gasteiger partial charge >= 0.3 is 0 Å². The number of aliphatic hydroxyl groups is 1. The maximum atomic E-state index is 12.4. The summed E-state index contributed by atoms with van der Waals surface area (Å²) in [7, 11) is 0. The third-order valence-corrected chi connectivity index (χ3v) is 5.07. The Morgan fingerprint density at radius 2 is 2.10 bits per heavy atom. The minimum atomic E-state index is -0.818. The zero-order valence-electron chi connectivity index (χ0n) is 12.1. The van der Waals surface area contributed by atoms with Crippen LogP contribution in [0.5, 0.6) is 5.75 Å². The number of carbonyl (C=O) groups is 1. The minimum Gasteiger partial charge on any atom is -0.493 e. The number of benzene rings is 1. The summed E-state index contributed by atoms with van der Waals surface area (Å²) in [6, 6.07) is 3.99. The monoisotopic (exact) mass is 352 g/mol. The second kappa shape index (κ2) is 6.49. The van der Waals surface area contributed by atoms with Gasteiger partial charge in [-0.2, -0.15) is 0 Å². The van der Waals surface area contributed by atoms with E-state index >= 15 is 0 Å². The van der Waals surface area contributed by atoms with E-state index in [0.717, 1.165) is 53.5 Å². The van der Waals surface area contributed by atoms with Crippen LogP contribution in [0, 0.1) is 5.92 Å². The van der Waals surface area contributed by atoms with Crippen molar-refractivity contribution in [3.8, 4) is 5.75 Å². The minimum absolute atomic E-state index is 0.0716. The van der Waals surface area contributed by atoms with Crippen LogP contribution in [-0.4, -0.2) is 23.6 Å². The van der Waals surface area contributed by atoms with E-state index in [4.69, 9.17) is 4.74 Å². The van der Waals surface area contributed by atoms with E-state index in [0.29, 0.717) is 6.61 Å². The first-order valence-electron chi connectivity index (χ1n) is 7.80. The summed E-state index contributed by atoms with van der Waals surface area (Å²) < 4.78 is 6.63. The van der Waals surface area contributed by atoms with Crippen LogP contribution in [0.15, 0.2) is 16.6 Å². The molecule has 0 saturated heterocycles. The lowest BCUT2D eigenvalue weighted by atomic mass is 9.83. The van der Waals surface area contributed by atoms with Crippen molar-refractivity contribution in [3.63, 3.8) is 0 Å². The molecule has 3 nitrogen and oxygen atoms in total. The van der Waals surface area contributed by atoms with Gasteiger partial charge < -0.3 is 9.84 Å². The highest BCUT2D eigenvalue weighted by atomic mass is 79.9. The molecular weight excluding hydrogens is 332 g/mol. The molecule has 0 aromatic heterocycles. The number of carbonyl (C=O) groups excluding carboxylic acids is 1. The predicted octanol–water partition coefficient (Wildman–Crippen LogP) is 3.44. The Kier molecular flexibility index (Phi) is 4.65. The lowest BCUT2D eigenvalue weighted by molar-refractivity contribution is -0.129. The summed E-state index contributed by atoms with van der Waals surface area (Å²) >= 11 is 3.49. The highest BCUT2D eigenvalue weighted by molar-refractivity contribution is 9.10. The molecular formula is C17H21BrO3. The van der Waals surface area contributed by atoms with Crippen LogP contribution in [0.2, 0.25) is 0 Å². The summed E-state index contributed by atoms with van der Waals surface area (Å²) in [6.07, 6.45) is 5.76. The third kappa shape index (κ3) is 3.32. The summed E-state index contributed by atoms with van der Waals surface area (Å²) in [5.74, 6) is 0.924. The molecule has 114 valence electrons. The van der Waals surface area contributed by atoms with Gasteiger partial charge in [-0.25, -0.2) is 0 Å². The lowest BCUT2D eigenvalue weighted by Gasteiger charge is -2.25. The van der Waals surface area contributed by atoms with Crippen molar-refractivity contribution in [1.82, 2.24) is 0 Å². The molecule has 1 aromatic carbocycles. The summed E-state index contributed by atoms with van der Waals surface area (Å²) in [4.78, 5) is 12.4. The fraction of sp³-hybridized carbons (Fsp3) is 0.588. The Balaban J connectivity index is 1.72. The molecule has 2 aliphatic rings. The second-order valence-electron chi connectivity index (χ2n) is 6.14. The standard InChI is InChI=1S/C17H21BrO3/c18-14-8-12-6-7-21-17(12)13(9-14)10-15(19)16(20)11-4-2-1-3-5-11/h8-9,11,16,20H,1-7,10H2. The van der Waals surface area contributed by atoms with Crippen LogP contribution in [0.4, 0.5) is 0 Å². The van der Waals surface area contributed by atoms with E-state index in [-0.39, 0.29) is 18.1 Å². The van der Waals surface area contributed by atoms with E-state index in [1.807, 2.05) is 12.1 Å². The van der Waals surface area contributed by atoms with E-state index in [1.54, 1.807) is 0 Å². The fourth-order valence-electron chi connectivity index (χ4n) is 3.48. The fourth-order valence-corrected chi connectivity index (χ4v) is 4.04. The van der Waals surface area contributed by atoms with Gasteiger partial charge in [0.25, 0.3) is 0 Å². The molecule has 0 bridgehead atoms. The van der Waals surface area contributed by atoms with Crippen molar-refractivity contribution < 1.29 is 14.6 Å². The number of halogens is 1. The van der Waals surface area contributed by atoms with Gasteiger partial charge in [-0.05, 0) is 36.5 Å². The molecule has 1 N–H and O–H groups in total. The van der Waals surface area contributed by atoms with Gasteiger partial charge in [0.05, 0.1) is 6.61 Å². The predicted molar refractivity (Wildman–Crippen MR) is 84.6 cm³/mol. The zero-order chi connectivity index (χ0) is 14.8. The summed E-state index contributed by atoms with van der Waals surface area (Å²) in [5.41, 5.74) is 2.05. The van der Waals surface area contributed by atoms with Gasteiger partial charge in [-0.1, -0.05) is 35.2 Å². The number of fused-ring (bicyclic) bond motifs is 1. The van der Waals surface area contributed by atoms with Crippen LogP contribution in [0.1, 0.15) is 43.2 Å². The molecule has 1 unspecified atom stereocenters. The maximum Gasteiger partial charge on any atom is 0.166 e. The number of rotatable bonds is 4. The molecule has 1 heterocycles. The molecule has 21 heavy (non-hydrogen) atoms. The lowest BCUT2D eigenvalue weighted by Crippen LogP contribution is -2.32. The average molecular weight is 353 g/mol. The van der Waals surface area contributed by atoms with E-state index in [1.165, 1.54) is 6.42 Å². The number of ether oxygens (including phenoxy) is 1. The number of hydrogen-bond donors (Lipinski definition) is 1. The van der Waals surface area contributed by atoms with Crippen LogP contribution in [0.25, 0.3) is 0 Å². The van der Waals surface area contributed by atoms with Gasteiger partial charge in [0, 0.05) is 22.9 Å². The first-order valence-corrected chi connectivity index (χ1v) is 8.59. The molecule has 0 radical (unpaired) electrons. The number of aliphatic hydroxyl groups excluding tert-OH is 1. The molecule has 1 aromatic rings. The van der Waals surface area contributed by atoms with Gasteiger partial charge in [-0.15, -0.1) is 0 Å². The van der Waals surface area contributed by atoms with E-state index in [2.05, 4.69) is 15.9 Å². The number of ketones is 1.